The minimum Gasteiger partial charge on any atom is -0.208 e. The first kappa shape index (κ1) is 32.6. The average Bonchev–Trinajstić information content (AvgIpc) is 3.67. The normalized spacial score (nSPS) is 11.3. The zero-order valence-corrected chi connectivity index (χ0v) is 30.6. The van der Waals surface area contributed by atoms with Crippen LogP contribution in [-0.4, -0.2) is 15.0 Å². The van der Waals surface area contributed by atoms with E-state index in [1.807, 2.05) is 47.7 Å². The van der Waals surface area contributed by atoms with Crippen LogP contribution in [0, 0.1) is 0 Å². The smallest absolute Gasteiger partial charge is 0.164 e. The Morgan fingerprint density at radius 2 is 0.691 bits per heavy atom. The highest BCUT2D eigenvalue weighted by molar-refractivity contribution is 7.27. The molecule has 0 saturated carbocycles. The largest absolute Gasteiger partial charge is 0.208 e. The van der Waals surface area contributed by atoms with E-state index < -0.39 is 0 Å². The average molecular weight is 720 g/mol. The van der Waals surface area contributed by atoms with Gasteiger partial charge in [-0.1, -0.05) is 182 Å². The van der Waals surface area contributed by atoms with Crippen LogP contribution in [0.4, 0.5) is 0 Å². The van der Waals surface area contributed by atoms with Crippen molar-refractivity contribution in [3.8, 4) is 78.7 Å². The summed E-state index contributed by atoms with van der Waals surface area (Å²) in [6.07, 6.45) is 0. The molecule has 0 aliphatic rings. The number of rotatable bonds is 7. The standard InChI is InChI=1S/C51H33N3S/c1-6-17-34(18-7-1)39-31-40(33-41(32-39)51-53-49(37-23-12-4-13-24-37)52-50(54-51)38-25-14-5-15-26-38)43-27-16-28-45-46-42(35-19-8-2-9-20-35)29-30-44(48(46)55-47(43)45)36-21-10-3-11-22-36/h1-33H. The van der Waals surface area contributed by atoms with E-state index in [1.54, 1.807) is 0 Å². The van der Waals surface area contributed by atoms with Crippen LogP contribution in [0.15, 0.2) is 200 Å². The first-order chi connectivity index (χ1) is 27.3. The van der Waals surface area contributed by atoms with Gasteiger partial charge in [0, 0.05) is 36.9 Å². The number of fused-ring (bicyclic) bond motifs is 3. The van der Waals surface area contributed by atoms with Gasteiger partial charge < -0.3 is 0 Å². The molecule has 8 aromatic carbocycles. The molecule has 3 nitrogen and oxygen atoms in total. The molecule has 55 heavy (non-hydrogen) atoms. The number of thiophene rings is 1. The van der Waals surface area contributed by atoms with Crippen LogP contribution in [0.25, 0.3) is 98.8 Å². The molecule has 0 unspecified atom stereocenters. The monoisotopic (exact) mass is 719 g/mol. The van der Waals surface area contributed by atoms with Crippen molar-refractivity contribution >= 4 is 31.5 Å². The summed E-state index contributed by atoms with van der Waals surface area (Å²) in [6.45, 7) is 0. The van der Waals surface area contributed by atoms with Gasteiger partial charge in [0.2, 0.25) is 0 Å². The van der Waals surface area contributed by atoms with Crippen molar-refractivity contribution in [1.82, 2.24) is 15.0 Å². The zero-order chi connectivity index (χ0) is 36.6. The van der Waals surface area contributed by atoms with Crippen LogP contribution in [-0.2, 0) is 0 Å². The number of aromatic nitrogens is 3. The van der Waals surface area contributed by atoms with Gasteiger partial charge in [0.25, 0.3) is 0 Å². The maximum absolute atomic E-state index is 5.14. The molecule has 0 radical (unpaired) electrons. The summed E-state index contributed by atoms with van der Waals surface area (Å²) in [6, 6.07) is 70.5. The highest BCUT2D eigenvalue weighted by Gasteiger charge is 2.20. The third-order valence-corrected chi connectivity index (χ3v) is 11.4. The fourth-order valence-electron chi connectivity index (χ4n) is 7.48. The molecule has 0 atom stereocenters. The molecule has 258 valence electrons. The molecule has 0 aliphatic carbocycles. The van der Waals surface area contributed by atoms with Crippen molar-refractivity contribution in [3.05, 3.63) is 200 Å². The highest BCUT2D eigenvalue weighted by atomic mass is 32.1. The summed E-state index contributed by atoms with van der Waals surface area (Å²) < 4.78 is 2.53. The van der Waals surface area contributed by atoms with Crippen LogP contribution >= 0.6 is 11.3 Å². The Hall–Kier alpha value is -7.01. The molecule has 10 rings (SSSR count). The Labute approximate surface area is 323 Å². The van der Waals surface area contributed by atoms with Gasteiger partial charge in [-0.25, -0.2) is 15.0 Å². The quantitative estimate of drug-likeness (QED) is 0.165. The Kier molecular flexibility index (Phi) is 8.36. The third kappa shape index (κ3) is 6.19. The maximum Gasteiger partial charge on any atom is 0.164 e. The summed E-state index contributed by atoms with van der Waals surface area (Å²) in [5, 5.41) is 2.53. The van der Waals surface area contributed by atoms with Gasteiger partial charge in [0.1, 0.15) is 0 Å². The predicted molar refractivity (Wildman–Crippen MR) is 231 cm³/mol. The van der Waals surface area contributed by atoms with E-state index in [4.69, 9.17) is 15.0 Å². The molecule has 4 heteroatoms. The predicted octanol–water partition coefficient (Wildman–Crippen LogP) is 13.9. The molecule has 0 N–H and O–H groups in total. The van der Waals surface area contributed by atoms with Gasteiger partial charge in [-0.2, -0.15) is 0 Å². The second kappa shape index (κ2) is 14.1. The number of hydrogen-bond donors (Lipinski definition) is 0. The topological polar surface area (TPSA) is 38.7 Å². The third-order valence-electron chi connectivity index (χ3n) is 10.1. The molecule has 0 fully saturated rings. The van der Waals surface area contributed by atoms with E-state index in [0.29, 0.717) is 17.5 Å². The molecular weight excluding hydrogens is 687 g/mol. The second-order valence-corrected chi connectivity index (χ2v) is 14.6. The van der Waals surface area contributed by atoms with E-state index >= 15 is 0 Å². The fraction of sp³-hybridized carbons (Fsp3) is 0. The van der Waals surface area contributed by atoms with Gasteiger partial charge in [0.05, 0.1) is 0 Å². The van der Waals surface area contributed by atoms with Crippen molar-refractivity contribution in [3.63, 3.8) is 0 Å². The van der Waals surface area contributed by atoms with Gasteiger partial charge in [0.15, 0.2) is 17.5 Å². The summed E-state index contributed by atoms with van der Waals surface area (Å²) in [5.74, 6) is 1.92. The summed E-state index contributed by atoms with van der Waals surface area (Å²) in [7, 11) is 0. The SMILES string of the molecule is c1ccc(-c2cc(-c3nc(-c4ccccc4)nc(-c4ccccc4)n3)cc(-c3cccc4c3sc3c(-c5ccccc5)ccc(-c5ccccc5)c34)c2)cc1. The van der Waals surface area contributed by atoms with Crippen molar-refractivity contribution in [2.75, 3.05) is 0 Å². The summed E-state index contributed by atoms with van der Waals surface area (Å²) in [4.78, 5) is 15.2. The van der Waals surface area contributed by atoms with Gasteiger partial charge in [-0.3, -0.25) is 0 Å². The van der Waals surface area contributed by atoms with Crippen molar-refractivity contribution in [2.45, 2.75) is 0 Å². The summed E-state index contributed by atoms with van der Waals surface area (Å²) >= 11 is 1.87. The van der Waals surface area contributed by atoms with E-state index in [-0.39, 0.29) is 0 Å². The molecule has 10 aromatic rings. The minimum atomic E-state index is 0.632. The number of nitrogens with zero attached hydrogens (tertiary/aromatic N) is 3. The Morgan fingerprint density at radius 3 is 1.25 bits per heavy atom. The molecule has 0 aliphatic heterocycles. The summed E-state index contributed by atoms with van der Waals surface area (Å²) in [5.41, 5.74) is 12.3. The van der Waals surface area contributed by atoms with Crippen LogP contribution in [0.5, 0.6) is 0 Å². The number of benzene rings is 8. The van der Waals surface area contributed by atoms with Gasteiger partial charge >= 0.3 is 0 Å². The lowest BCUT2D eigenvalue weighted by molar-refractivity contribution is 1.07. The Morgan fingerprint density at radius 1 is 0.273 bits per heavy atom. The van der Waals surface area contributed by atoms with Gasteiger partial charge in [-0.05, 0) is 62.7 Å². The lowest BCUT2D eigenvalue weighted by atomic mass is 9.92. The van der Waals surface area contributed by atoms with Crippen LogP contribution in [0.2, 0.25) is 0 Å². The molecule has 0 spiro atoms. The highest BCUT2D eigenvalue weighted by Crippen LogP contribution is 2.48. The maximum atomic E-state index is 5.14. The van der Waals surface area contributed by atoms with E-state index in [1.165, 1.54) is 48.0 Å². The first-order valence-electron chi connectivity index (χ1n) is 18.4. The molecular formula is C51H33N3S. The number of hydrogen-bond acceptors (Lipinski definition) is 4. The molecule has 2 aromatic heterocycles. The van der Waals surface area contributed by atoms with Crippen molar-refractivity contribution in [2.24, 2.45) is 0 Å². The lowest BCUT2D eigenvalue weighted by Crippen LogP contribution is -2.00. The first-order valence-corrected chi connectivity index (χ1v) is 19.3. The van der Waals surface area contributed by atoms with Crippen LogP contribution < -0.4 is 0 Å². The fourth-order valence-corrected chi connectivity index (χ4v) is 8.88. The lowest BCUT2D eigenvalue weighted by Gasteiger charge is -2.13. The molecule has 2 heterocycles. The Bertz CT molecular complexity index is 2890. The molecule has 0 saturated heterocycles. The van der Waals surface area contributed by atoms with Crippen LogP contribution in [0.1, 0.15) is 0 Å². The van der Waals surface area contributed by atoms with E-state index in [9.17, 15) is 0 Å². The second-order valence-electron chi connectivity index (χ2n) is 13.6. The van der Waals surface area contributed by atoms with Crippen molar-refractivity contribution < 1.29 is 0 Å². The van der Waals surface area contributed by atoms with Crippen molar-refractivity contribution in [1.29, 1.82) is 0 Å². The zero-order valence-electron chi connectivity index (χ0n) is 29.8. The minimum absolute atomic E-state index is 0.632. The Balaban J connectivity index is 1.23. The molecule has 0 amide bonds. The molecule has 0 bridgehead atoms. The van der Waals surface area contributed by atoms with Gasteiger partial charge in [-0.15, -0.1) is 11.3 Å². The van der Waals surface area contributed by atoms with E-state index in [0.717, 1.165) is 33.4 Å². The van der Waals surface area contributed by atoms with E-state index in [2.05, 4.69) is 164 Å². The van der Waals surface area contributed by atoms with Crippen LogP contribution in [0.3, 0.4) is 0 Å².